The quantitative estimate of drug-likeness (QED) is 0.838. The molecule has 0 bridgehead atoms. The van der Waals surface area contributed by atoms with Gasteiger partial charge in [0.05, 0.1) is 12.3 Å². The van der Waals surface area contributed by atoms with Crippen LogP contribution in [0.4, 0.5) is 10.5 Å². The van der Waals surface area contributed by atoms with Crippen molar-refractivity contribution in [2.24, 2.45) is 5.16 Å². The van der Waals surface area contributed by atoms with Crippen LogP contribution in [0.1, 0.15) is 35.6 Å². The molecule has 0 saturated heterocycles. The lowest BCUT2D eigenvalue weighted by molar-refractivity contribution is 0.0633. The highest BCUT2D eigenvalue weighted by Crippen LogP contribution is 2.20. The number of hydrogen-bond donors (Lipinski definition) is 1. The molecule has 0 spiro atoms. The summed E-state index contributed by atoms with van der Waals surface area (Å²) in [4.78, 5) is 20.0. The van der Waals surface area contributed by atoms with Gasteiger partial charge in [0.25, 0.3) is 0 Å². The second-order valence-electron chi connectivity index (χ2n) is 7.12. The third-order valence-corrected chi connectivity index (χ3v) is 4.83. The lowest BCUT2D eigenvalue weighted by Gasteiger charge is -2.24. The van der Waals surface area contributed by atoms with Crippen LogP contribution in [0.15, 0.2) is 47.6 Å². The Hall–Kier alpha value is -2.82. The van der Waals surface area contributed by atoms with Crippen LogP contribution in [-0.4, -0.2) is 35.8 Å². The number of anilines is 1. The van der Waals surface area contributed by atoms with Crippen molar-refractivity contribution >= 4 is 17.4 Å². The molecule has 1 aliphatic heterocycles. The molecule has 1 atom stereocenters. The van der Waals surface area contributed by atoms with Crippen LogP contribution in [0, 0.1) is 20.8 Å². The van der Waals surface area contributed by atoms with Crippen molar-refractivity contribution in [3.8, 4) is 0 Å². The number of carbonyl (C=O) groups excluding carboxylic acids is 1. The van der Waals surface area contributed by atoms with Crippen LogP contribution in [0.3, 0.4) is 0 Å². The molecule has 1 unspecified atom stereocenters. The number of hydrogen-bond acceptors (Lipinski definition) is 3. The topological polar surface area (TPSA) is 53.9 Å². The van der Waals surface area contributed by atoms with Gasteiger partial charge in [-0.15, -0.1) is 0 Å². The number of aryl methyl sites for hydroxylation is 3. The first-order valence-electron chi connectivity index (χ1n) is 9.39. The van der Waals surface area contributed by atoms with Crippen molar-refractivity contribution in [1.29, 1.82) is 0 Å². The predicted molar refractivity (Wildman–Crippen MR) is 109 cm³/mol. The lowest BCUT2D eigenvalue weighted by atomic mass is 10.0. The van der Waals surface area contributed by atoms with E-state index in [1.54, 1.807) is 4.90 Å². The molecule has 5 nitrogen and oxygen atoms in total. The number of benzene rings is 2. The van der Waals surface area contributed by atoms with Crippen molar-refractivity contribution < 1.29 is 9.63 Å². The molecule has 0 saturated carbocycles. The summed E-state index contributed by atoms with van der Waals surface area (Å²) in [5.74, 6) is 0. The maximum Gasteiger partial charge on any atom is 0.321 e. The standard InChI is InChI=1S/C22H27N3O2/c1-5-25(22(26)23-20-11-8-16(3)12-17(20)4)14-19-13-21(24-27-19)18-9-6-15(2)7-10-18/h6-12,19H,5,13-14H2,1-4H3,(H,23,26). The van der Waals surface area contributed by atoms with Crippen molar-refractivity contribution in [1.82, 2.24) is 4.90 Å². The molecule has 0 aromatic heterocycles. The fourth-order valence-electron chi connectivity index (χ4n) is 3.19. The van der Waals surface area contributed by atoms with Gasteiger partial charge in [0.15, 0.2) is 6.10 Å². The molecule has 1 heterocycles. The molecule has 0 radical (unpaired) electrons. The van der Waals surface area contributed by atoms with Crippen LogP contribution in [-0.2, 0) is 4.84 Å². The van der Waals surface area contributed by atoms with E-state index in [4.69, 9.17) is 4.84 Å². The Morgan fingerprint density at radius 1 is 1.15 bits per heavy atom. The van der Waals surface area contributed by atoms with E-state index in [-0.39, 0.29) is 12.1 Å². The van der Waals surface area contributed by atoms with Crippen molar-refractivity contribution in [2.75, 3.05) is 18.4 Å². The Balaban J connectivity index is 1.59. The molecular weight excluding hydrogens is 338 g/mol. The Kier molecular flexibility index (Phi) is 5.79. The molecule has 1 N–H and O–H groups in total. The third kappa shape index (κ3) is 4.67. The van der Waals surface area contributed by atoms with Gasteiger partial charge in [0, 0.05) is 18.7 Å². The first kappa shape index (κ1) is 19.0. The summed E-state index contributed by atoms with van der Waals surface area (Å²) in [7, 11) is 0. The number of rotatable bonds is 5. The maximum absolute atomic E-state index is 12.7. The molecule has 27 heavy (non-hydrogen) atoms. The summed E-state index contributed by atoms with van der Waals surface area (Å²) in [5.41, 5.74) is 6.30. The molecule has 2 aromatic carbocycles. The van der Waals surface area contributed by atoms with E-state index in [0.29, 0.717) is 19.5 Å². The summed E-state index contributed by atoms with van der Waals surface area (Å²) in [5, 5.41) is 7.24. The number of nitrogens with zero attached hydrogens (tertiary/aromatic N) is 2. The Bertz CT molecular complexity index is 843. The molecule has 1 aliphatic rings. The average molecular weight is 365 g/mol. The third-order valence-electron chi connectivity index (χ3n) is 4.83. The van der Waals surface area contributed by atoms with E-state index in [9.17, 15) is 4.79 Å². The highest BCUT2D eigenvalue weighted by molar-refractivity contribution is 6.01. The van der Waals surface area contributed by atoms with Crippen LogP contribution < -0.4 is 5.32 Å². The van der Waals surface area contributed by atoms with Gasteiger partial charge in [-0.2, -0.15) is 0 Å². The summed E-state index contributed by atoms with van der Waals surface area (Å²) in [6.45, 7) is 9.19. The normalized spacial score (nSPS) is 15.9. The second-order valence-corrected chi connectivity index (χ2v) is 7.12. The van der Waals surface area contributed by atoms with E-state index in [1.807, 2.05) is 32.9 Å². The minimum absolute atomic E-state index is 0.114. The first-order chi connectivity index (χ1) is 13.0. The summed E-state index contributed by atoms with van der Waals surface area (Å²) < 4.78 is 0. The monoisotopic (exact) mass is 365 g/mol. The maximum atomic E-state index is 12.7. The molecule has 3 rings (SSSR count). The largest absolute Gasteiger partial charge is 0.390 e. The first-order valence-corrected chi connectivity index (χ1v) is 9.39. The van der Waals surface area contributed by atoms with Crippen molar-refractivity contribution in [2.45, 2.75) is 40.2 Å². The van der Waals surface area contributed by atoms with E-state index < -0.39 is 0 Å². The summed E-state index contributed by atoms with van der Waals surface area (Å²) >= 11 is 0. The molecule has 0 aliphatic carbocycles. The zero-order valence-corrected chi connectivity index (χ0v) is 16.5. The Morgan fingerprint density at radius 2 is 1.85 bits per heavy atom. The van der Waals surface area contributed by atoms with Crippen LogP contribution in [0.5, 0.6) is 0 Å². The van der Waals surface area contributed by atoms with Gasteiger partial charge in [0.1, 0.15) is 0 Å². The fraction of sp³-hybridized carbons (Fsp3) is 0.364. The van der Waals surface area contributed by atoms with Gasteiger partial charge < -0.3 is 15.1 Å². The van der Waals surface area contributed by atoms with Crippen LogP contribution in [0.25, 0.3) is 0 Å². The molecule has 5 heteroatoms. The van der Waals surface area contributed by atoms with Crippen molar-refractivity contribution in [3.05, 3.63) is 64.7 Å². The number of likely N-dealkylation sites (N-methyl/N-ethyl adjacent to an activating group) is 1. The zero-order valence-electron chi connectivity index (χ0n) is 16.5. The van der Waals surface area contributed by atoms with Crippen molar-refractivity contribution in [3.63, 3.8) is 0 Å². The Labute approximate surface area is 161 Å². The number of nitrogens with one attached hydrogen (secondary N) is 1. The predicted octanol–water partition coefficient (Wildman–Crippen LogP) is 4.66. The minimum atomic E-state index is -0.119. The number of carbonyl (C=O) groups is 1. The average Bonchev–Trinajstić information content (AvgIpc) is 3.11. The number of oxime groups is 1. The van der Waals surface area contributed by atoms with Gasteiger partial charge in [-0.05, 0) is 44.9 Å². The molecule has 0 fully saturated rings. The smallest absolute Gasteiger partial charge is 0.321 e. The highest BCUT2D eigenvalue weighted by atomic mass is 16.6. The van der Waals surface area contributed by atoms with E-state index in [1.165, 1.54) is 11.1 Å². The Morgan fingerprint density at radius 3 is 2.52 bits per heavy atom. The van der Waals surface area contributed by atoms with Gasteiger partial charge in [0.2, 0.25) is 0 Å². The highest BCUT2D eigenvalue weighted by Gasteiger charge is 2.26. The summed E-state index contributed by atoms with van der Waals surface area (Å²) in [6, 6.07) is 14.2. The van der Waals surface area contributed by atoms with Gasteiger partial charge >= 0.3 is 6.03 Å². The van der Waals surface area contributed by atoms with E-state index >= 15 is 0 Å². The number of urea groups is 1. The molecular formula is C22H27N3O2. The number of amides is 2. The van der Waals surface area contributed by atoms with Crippen LogP contribution >= 0.6 is 0 Å². The SMILES string of the molecule is CCN(CC1CC(c2ccc(C)cc2)=NO1)C(=O)Nc1ccc(C)cc1C. The fourth-order valence-corrected chi connectivity index (χ4v) is 3.19. The second kappa shape index (κ2) is 8.25. The van der Waals surface area contributed by atoms with Gasteiger partial charge in [-0.25, -0.2) is 4.79 Å². The molecule has 2 amide bonds. The van der Waals surface area contributed by atoms with E-state index in [2.05, 4.69) is 47.7 Å². The van der Waals surface area contributed by atoms with E-state index in [0.717, 1.165) is 22.5 Å². The van der Waals surface area contributed by atoms with Crippen LogP contribution in [0.2, 0.25) is 0 Å². The summed E-state index contributed by atoms with van der Waals surface area (Å²) in [6.07, 6.45) is 0.585. The minimum Gasteiger partial charge on any atom is -0.390 e. The zero-order chi connectivity index (χ0) is 19.4. The lowest BCUT2D eigenvalue weighted by Crippen LogP contribution is -2.40. The van der Waals surface area contributed by atoms with Gasteiger partial charge in [-0.3, -0.25) is 0 Å². The molecule has 142 valence electrons. The molecule has 2 aromatic rings. The van der Waals surface area contributed by atoms with Gasteiger partial charge in [-0.1, -0.05) is 52.7 Å².